The summed E-state index contributed by atoms with van der Waals surface area (Å²) in [5, 5.41) is 2.75. The van der Waals surface area contributed by atoms with Gasteiger partial charge in [0.2, 0.25) is 0 Å². The van der Waals surface area contributed by atoms with E-state index in [1.165, 1.54) is 18.5 Å². The van der Waals surface area contributed by atoms with Crippen LogP contribution in [0.2, 0.25) is 0 Å². The number of aromatic nitrogens is 2. The van der Waals surface area contributed by atoms with E-state index in [9.17, 15) is 13.2 Å². The van der Waals surface area contributed by atoms with Crippen LogP contribution in [0.25, 0.3) is 0 Å². The van der Waals surface area contributed by atoms with Crippen molar-refractivity contribution in [2.75, 3.05) is 5.32 Å². The van der Waals surface area contributed by atoms with Gasteiger partial charge in [-0.05, 0) is 24.6 Å². The fraction of sp³-hybridized carbons (Fsp3) is 0.250. The van der Waals surface area contributed by atoms with E-state index in [4.69, 9.17) is 0 Å². The molecule has 0 saturated carbocycles. The van der Waals surface area contributed by atoms with Crippen molar-refractivity contribution in [3.63, 3.8) is 0 Å². The number of aryl methyl sites for hydroxylation is 1. The van der Waals surface area contributed by atoms with Gasteiger partial charge in [0.15, 0.2) is 0 Å². The van der Waals surface area contributed by atoms with Crippen molar-refractivity contribution >= 4 is 5.69 Å². The average Bonchev–Trinajstić information content (AvgIpc) is 2.76. The first-order valence-corrected chi connectivity index (χ1v) is 5.38. The second kappa shape index (κ2) is 5.12. The van der Waals surface area contributed by atoms with E-state index in [2.05, 4.69) is 10.3 Å². The number of rotatable bonds is 4. The zero-order valence-corrected chi connectivity index (χ0v) is 9.70. The highest BCUT2D eigenvalue weighted by atomic mass is 19.3. The Labute approximate surface area is 102 Å². The Morgan fingerprint density at radius 3 is 2.83 bits per heavy atom. The maximum absolute atomic E-state index is 13.5. The Kier molecular flexibility index (Phi) is 3.55. The summed E-state index contributed by atoms with van der Waals surface area (Å²) in [6, 6.07) is 4.69. The molecule has 0 saturated heterocycles. The van der Waals surface area contributed by atoms with Crippen molar-refractivity contribution in [2.45, 2.75) is 20.0 Å². The Morgan fingerprint density at radius 1 is 1.39 bits per heavy atom. The number of nitrogens with zero attached hydrogens (tertiary/aromatic N) is 2. The Balaban J connectivity index is 2.09. The zero-order chi connectivity index (χ0) is 13.1. The highest BCUT2D eigenvalue weighted by molar-refractivity contribution is 5.46. The second-order valence-electron chi connectivity index (χ2n) is 3.87. The Hall–Kier alpha value is -1.98. The lowest BCUT2D eigenvalue weighted by Gasteiger charge is -2.09. The molecule has 1 aromatic heterocycles. The molecule has 0 aliphatic rings. The summed E-state index contributed by atoms with van der Waals surface area (Å²) in [6.45, 7) is -0.833. The fourth-order valence-electron chi connectivity index (χ4n) is 1.60. The van der Waals surface area contributed by atoms with Gasteiger partial charge in [0.25, 0.3) is 0 Å². The molecule has 1 heterocycles. The number of halogens is 3. The van der Waals surface area contributed by atoms with Crippen molar-refractivity contribution in [3.05, 3.63) is 47.8 Å². The predicted molar refractivity (Wildman–Crippen MR) is 61.9 cm³/mol. The summed E-state index contributed by atoms with van der Waals surface area (Å²) in [7, 11) is 0. The molecule has 0 radical (unpaired) electrons. The first kappa shape index (κ1) is 12.5. The molecule has 18 heavy (non-hydrogen) atoms. The van der Waals surface area contributed by atoms with E-state index in [1.54, 1.807) is 19.1 Å². The minimum Gasteiger partial charge on any atom is -0.375 e. The van der Waals surface area contributed by atoms with Crippen LogP contribution in [0.3, 0.4) is 0 Å². The number of imidazole rings is 1. The lowest BCUT2D eigenvalue weighted by Crippen LogP contribution is -2.09. The van der Waals surface area contributed by atoms with Crippen molar-refractivity contribution in [3.8, 4) is 0 Å². The van der Waals surface area contributed by atoms with Crippen LogP contribution < -0.4 is 5.32 Å². The minimum absolute atomic E-state index is 0.0390. The molecule has 96 valence electrons. The molecule has 2 rings (SSSR count). The third kappa shape index (κ3) is 2.64. The van der Waals surface area contributed by atoms with E-state index >= 15 is 0 Å². The van der Waals surface area contributed by atoms with Crippen molar-refractivity contribution in [1.82, 2.24) is 9.55 Å². The van der Waals surface area contributed by atoms with Gasteiger partial charge in [-0.3, -0.25) is 4.57 Å². The van der Waals surface area contributed by atoms with Gasteiger partial charge in [-0.15, -0.1) is 0 Å². The molecule has 0 aliphatic carbocycles. The smallest absolute Gasteiger partial charge is 0.319 e. The molecule has 2 aromatic rings. The number of hydrogen-bond donors (Lipinski definition) is 1. The van der Waals surface area contributed by atoms with Gasteiger partial charge in [0.05, 0.1) is 12.2 Å². The van der Waals surface area contributed by atoms with Gasteiger partial charge < -0.3 is 5.32 Å². The van der Waals surface area contributed by atoms with Crippen molar-refractivity contribution in [1.29, 1.82) is 0 Å². The monoisotopic (exact) mass is 255 g/mol. The first-order valence-electron chi connectivity index (χ1n) is 5.38. The maximum Gasteiger partial charge on any atom is 0.319 e. The van der Waals surface area contributed by atoms with Crippen LogP contribution in [0, 0.1) is 12.7 Å². The van der Waals surface area contributed by atoms with Gasteiger partial charge in [-0.1, -0.05) is 6.07 Å². The van der Waals surface area contributed by atoms with Crippen LogP contribution >= 0.6 is 0 Å². The highest BCUT2D eigenvalue weighted by Gasteiger charge is 2.11. The van der Waals surface area contributed by atoms with E-state index < -0.39 is 12.4 Å². The molecule has 0 bridgehead atoms. The molecule has 0 atom stereocenters. The third-order valence-corrected chi connectivity index (χ3v) is 2.52. The SMILES string of the molecule is Cc1ccc(NCc2nccn2C(F)F)c(F)c1. The maximum atomic E-state index is 13.5. The van der Waals surface area contributed by atoms with Crippen LogP contribution in [0.15, 0.2) is 30.6 Å². The van der Waals surface area contributed by atoms with E-state index in [1.807, 2.05) is 0 Å². The van der Waals surface area contributed by atoms with Crippen molar-refractivity contribution < 1.29 is 13.2 Å². The Morgan fingerprint density at radius 2 is 2.17 bits per heavy atom. The summed E-state index contributed by atoms with van der Waals surface area (Å²) < 4.78 is 39.3. The van der Waals surface area contributed by atoms with E-state index in [0.717, 1.165) is 10.1 Å². The quantitative estimate of drug-likeness (QED) is 0.908. The third-order valence-electron chi connectivity index (χ3n) is 2.52. The summed E-state index contributed by atoms with van der Waals surface area (Å²) in [6.07, 6.45) is 2.47. The molecule has 0 fully saturated rings. The molecule has 3 nitrogen and oxygen atoms in total. The van der Waals surface area contributed by atoms with Crippen LogP contribution in [-0.4, -0.2) is 9.55 Å². The molecule has 1 N–H and O–H groups in total. The molecule has 0 amide bonds. The molecular formula is C12H12F3N3. The molecule has 0 unspecified atom stereocenters. The summed E-state index contributed by atoms with van der Waals surface area (Å²) >= 11 is 0. The van der Waals surface area contributed by atoms with Crippen LogP contribution in [0.4, 0.5) is 18.9 Å². The molecule has 1 aromatic carbocycles. The van der Waals surface area contributed by atoms with Gasteiger partial charge in [0, 0.05) is 12.4 Å². The van der Waals surface area contributed by atoms with Gasteiger partial charge in [0.1, 0.15) is 11.6 Å². The molecular weight excluding hydrogens is 243 g/mol. The lowest BCUT2D eigenvalue weighted by molar-refractivity contribution is 0.0673. The minimum atomic E-state index is -2.65. The van der Waals surface area contributed by atoms with Crippen molar-refractivity contribution in [2.24, 2.45) is 0 Å². The molecule has 0 spiro atoms. The summed E-state index contributed by atoms with van der Waals surface area (Å²) in [5.74, 6) is -0.255. The number of anilines is 1. The second-order valence-corrected chi connectivity index (χ2v) is 3.87. The number of benzene rings is 1. The number of hydrogen-bond acceptors (Lipinski definition) is 2. The van der Waals surface area contributed by atoms with Gasteiger partial charge >= 0.3 is 6.55 Å². The van der Waals surface area contributed by atoms with Crippen LogP contribution in [-0.2, 0) is 6.54 Å². The van der Waals surface area contributed by atoms with E-state index in [0.29, 0.717) is 0 Å². The largest absolute Gasteiger partial charge is 0.375 e. The fourth-order valence-corrected chi connectivity index (χ4v) is 1.60. The average molecular weight is 255 g/mol. The molecule has 6 heteroatoms. The number of nitrogens with one attached hydrogen (secondary N) is 1. The standard InChI is InChI=1S/C12H12F3N3/c1-8-2-3-10(9(13)6-8)17-7-11-16-4-5-18(11)12(14)15/h2-6,12,17H,7H2,1H3. The molecule has 0 aliphatic heterocycles. The number of alkyl halides is 2. The lowest BCUT2D eigenvalue weighted by atomic mass is 10.2. The van der Waals surface area contributed by atoms with Gasteiger partial charge in [-0.25, -0.2) is 9.37 Å². The highest BCUT2D eigenvalue weighted by Crippen LogP contribution is 2.17. The van der Waals surface area contributed by atoms with Gasteiger partial charge in [-0.2, -0.15) is 8.78 Å². The Bertz CT molecular complexity index is 537. The normalized spacial score (nSPS) is 10.9. The van der Waals surface area contributed by atoms with Crippen LogP contribution in [0.5, 0.6) is 0 Å². The van der Waals surface area contributed by atoms with Crippen LogP contribution in [0.1, 0.15) is 17.9 Å². The topological polar surface area (TPSA) is 29.9 Å². The summed E-state index contributed by atoms with van der Waals surface area (Å²) in [4.78, 5) is 3.80. The zero-order valence-electron chi connectivity index (χ0n) is 9.70. The predicted octanol–water partition coefficient (Wildman–Crippen LogP) is 3.34. The summed E-state index contributed by atoms with van der Waals surface area (Å²) in [5.41, 5.74) is 1.07. The first-order chi connectivity index (χ1) is 8.58. The van der Waals surface area contributed by atoms with E-state index in [-0.39, 0.29) is 18.1 Å².